The van der Waals surface area contributed by atoms with Gasteiger partial charge < -0.3 is 19.5 Å². The van der Waals surface area contributed by atoms with Gasteiger partial charge in [-0.2, -0.15) is 0 Å². The molecule has 7 nitrogen and oxygen atoms in total. The lowest BCUT2D eigenvalue weighted by molar-refractivity contribution is -0.149. The number of rotatable bonds is 9. The van der Waals surface area contributed by atoms with Gasteiger partial charge in [0.2, 0.25) is 0 Å². The third kappa shape index (κ3) is 6.98. The largest absolute Gasteiger partial charge is 0.482 e. The zero-order valence-corrected chi connectivity index (χ0v) is 17.8. The number of carbonyl (C=O) groups is 3. The number of amides is 1. The number of ether oxygens (including phenoxy) is 3. The van der Waals surface area contributed by atoms with Gasteiger partial charge in [0.15, 0.2) is 19.0 Å². The van der Waals surface area contributed by atoms with Gasteiger partial charge in [-0.25, -0.2) is 4.79 Å². The van der Waals surface area contributed by atoms with E-state index in [4.69, 9.17) is 14.2 Å². The van der Waals surface area contributed by atoms with E-state index in [1.807, 2.05) is 31.2 Å². The molecule has 7 heteroatoms. The first-order valence-corrected chi connectivity index (χ1v) is 9.93. The Balaban J connectivity index is 1.39. The van der Waals surface area contributed by atoms with Crippen molar-refractivity contribution in [3.63, 3.8) is 0 Å². The second-order valence-corrected chi connectivity index (χ2v) is 7.02. The summed E-state index contributed by atoms with van der Waals surface area (Å²) in [7, 11) is 0. The van der Waals surface area contributed by atoms with Crippen LogP contribution in [0.1, 0.15) is 22.8 Å². The van der Waals surface area contributed by atoms with E-state index in [0.717, 1.165) is 11.3 Å². The molecule has 0 radical (unpaired) electrons. The van der Waals surface area contributed by atoms with E-state index in [9.17, 15) is 14.4 Å². The zero-order chi connectivity index (χ0) is 22.9. The Kier molecular flexibility index (Phi) is 7.59. The molecule has 0 saturated heterocycles. The molecule has 1 amide bonds. The SMILES string of the molecule is CC(=O)c1ccc(OCC(=O)OCC(=O)Nc2ccc(Oc3ccc(C)cc3)cc2)cc1. The molecule has 0 atom stereocenters. The highest BCUT2D eigenvalue weighted by atomic mass is 16.6. The number of carbonyl (C=O) groups excluding carboxylic acids is 3. The lowest BCUT2D eigenvalue weighted by atomic mass is 10.1. The van der Waals surface area contributed by atoms with E-state index in [1.54, 1.807) is 48.5 Å². The molecule has 0 aliphatic heterocycles. The maximum atomic E-state index is 12.0. The van der Waals surface area contributed by atoms with Gasteiger partial charge in [-0.05, 0) is 74.5 Å². The van der Waals surface area contributed by atoms with E-state index in [0.29, 0.717) is 22.7 Å². The minimum absolute atomic E-state index is 0.0598. The molecule has 0 spiro atoms. The Morgan fingerprint density at radius 2 is 1.31 bits per heavy atom. The molecule has 0 saturated carbocycles. The highest BCUT2D eigenvalue weighted by molar-refractivity contribution is 5.94. The molecule has 0 aromatic heterocycles. The van der Waals surface area contributed by atoms with E-state index < -0.39 is 18.5 Å². The van der Waals surface area contributed by atoms with Gasteiger partial charge in [0.25, 0.3) is 5.91 Å². The van der Waals surface area contributed by atoms with E-state index in [2.05, 4.69) is 5.32 Å². The molecule has 32 heavy (non-hydrogen) atoms. The van der Waals surface area contributed by atoms with Crippen LogP contribution in [-0.2, 0) is 14.3 Å². The van der Waals surface area contributed by atoms with Crippen molar-refractivity contribution in [2.75, 3.05) is 18.5 Å². The summed E-state index contributed by atoms with van der Waals surface area (Å²) in [6.07, 6.45) is 0. The van der Waals surface area contributed by atoms with Crippen LogP contribution in [0.4, 0.5) is 5.69 Å². The zero-order valence-electron chi connectivity index (χ0n) is 17.8. The first kappa shape index (κ1) is 22.6. The quantitative estimate of drug-likeness (QED) is 0.393. The minimum Gasteiger partial charge on any atom is -0.482 e. The van der Waals surface area contributed by atoms with Crippen molar-refractivity contribution in [2.45, 2.75) is 13.8 Å². The fourth-order valence-corrected chi connectivity index (χ4v) is 2.66. The Morgan fingerprint density at radius 3 is 1.91 bits per heavy atom. The predicted molar refractivity (Wildman–Crippen MR) is 119 cm³/mol. The van der Waals surface area contributed by atoms with Crippen molar-refractivity contribution < 1.29 is 28.6 Å². The smallest absolute Gasteiger partial charge is 0.344 e. The summed E-state index contributed by atoms with van der Waals surface area (Å²) in [5, 5.41) is 2.64. The molecule has 0 unspecified atom stereocenters. The lowest BCUT2D eigenvalue weighted by Gasteiger charge is -2.09. The molecule has 3 aromatic carbocycles. The average molecular weight is 433 g/mol. The summed E-state index contributed by atoms with van der Waals surface area (Å²) >= 11 is 0. The third-order valence-corrected chi connectivity index (χ3v) is 4.38. The van der Waals surface area contributed by atoms with Crippen molar-refractivity contribution >= 4 is 23.3 Å². The molecule has 3 aromatic rings. The van der Waals surface area contributed by atoms with Gasteiger partial charge in [0.1, 0.15) is 17.2 Å². The number of anilines is 1. The van der Waals surface area contributed by atoms with Crippen molar-refractivity contribution in [3.05, 3.63) is 83.9 Å². The molecule has 0 fully saturated rings. The van der Waals surface area contributed by atoms with Crippen LogP contribution in [-0.4, -0.2) is 30.9 Å². The van der Waals surface area contributed by atoms with Gasteiger partial charge in [0.05, 0.1) is 0 Å². The van der Waals surface area contributed by atoms with Crippen LogP contribution < -0.4 is 14.8 Å². The van der Waals surface area contributed by atoms with Crippen LogP contribution in [0.15, 0.2) is 72.8 Å². The van der Waals surface area contributed by atoms with Gasteiger partial charge >= 0.3 is 5.97 Å². The Labute approximate surface area is 185 Å². The van der Waals surface area contributed by atoms with Crippen molar-refractivity contribution in [2.24, 2.45) is 0 Å². The number of Topliss-reactive ketones (excluding diaryl/α,β-unsaturated/α-hetero) is 1. The number of nitrogens with one attached hydrogen (secondary N) is 1. The monoisotopic (exact) mass is 433 g/mol. The first-order valence-electron chi connectivity index (χ1n) is 9.93. The Hall–Kier alpha value is -4.13. The van der Waals surface area contributed by atoms with Crippen molar-refractivity contribution in [1.29, 1.82) is 0 Å². The van der Waals surface area contributed by atoms with E-state index >= 15 is 0 Å². The molecular weight excluding hydrogens is 410 g/mol. The number of benzene rings is 3. The minimum atomic E-state index is -0.683. The fourth-order valence-electron chi connectivity index (χ4n) is 2.66. The number of hydrogen-bond acceptors (Lipinski definition) is 6. The number of aryl methyl sites for hydroxylation is 1. The van der Waals surface area contributed by atoms with Gasteiger partial charge in [0, 0.05) is 11.3 Å². The maximum absolute atomic E-state index is 12.0. The molecule has 0 heterocycles. The molecule has 0 bridgehead atoms. The van der Waals surface area contributed by atoms with E-state index in [-0.39, 0.29) is 12.4 Å². The molecule has 3 rings (SSSR count). The van der Waals surface area contributed by atoms with Crippen molar-refractivity contribution in [3.8, 4) is 17.2 Å². The average Bonchev–Trinajstić information content (AvgIpc) is 2.79. The number of hydrogen-bond donors (Lipinski definition) is 1. The normalized spacial score (nSPS) is 10.2. The van der Waals surface area contributed by atoms with Gasteiger partial charge in [-0.15, -0.1) is 0 Å². The summed E-state index contributed by atoms with van der Waals surface area (Å²) in [6.45, 7) is 2.68. The Bertz CT molecular complexity index is 1070. The van der Waals surface area contributed by atoms with Crippen LogP contribution in [0.2, 0.25) is 0 Å². The Morgan fingerprint density at radius 1 is 0.750 bits per heavy atom. The standard InChI is InChI=1S/C25H23NO6/c1-17-3-9-22(10-4-17)32-23-13-7-20(8-14-23)26-24(28)15-31-25(29)16-30-21-11-5-19(6-12-21)18(2)27/h3-14H,15-16H2,1-2H3,(H,26,28). The molecule has 164 valence electrons. The first-order chi connectivity index (χ1) is 15.4. The van der Waals surface area contributed by atoms with Crippen LogP contribution in [0.25, 0.3) is 0 Å². The maximum Gasteiger partial charge on any atom is 0.344 e. The molecule has 0 aliphatic rings. The van der Waals surface area contributed by atoms with Crippen LogP contribution in [0, 0.1) is 6.92 Å². The topological polar surface area (TPSA) is 90.9 Å². The van der Waals surface area contributed by atoms with Crippen molar-refractivity contribution in [1.82, 2.24) is 0 Å². The molecular formula is C25H23NO6. The second-order valence-electron chi connectivity index (χ2n) is 7.02. The van der Waals surface area contributed by atoms with Crippen LogP contribution in [0.3, 0.4) is 0 Å². The fraction of sp³-hybridized carbons (Fsp3) is 0.160. The van der Waals surface area contributed by atoms with Gasteiger partial charge in [-0.3, -0.25) is 9.59 Å². The number of esters is 1. The second kappa shape index (κ2) is 10.8. The summed E-state index contributed by atoms with van der Waals surface area (Å²) in [6, 6.07) is 20.9. The predicted octanol–water partition coefficient (Wildman–Crippen LogP) is 4.55. The summed E-state index contributed by atoms with van der Waals surface area (Å²) in [4.78, 5) is 35.0. The lowest BCUT2D eigenvalue weighted by Crippen LogP contribution is -2.23. The van der Waals surface area contributed by atoms with Crippen LogP contribution >= 0.6 is 0 Å². The third-order valence-electron chi connectivity index (χ3n) is 4.38. The summed E-state index contributed by atoms with van der Waals surface area (Å²) in [5.74, 6) is 0.553. The van der Waals surface area contributed by atoms with Gasteiger partial charge in [-0.1, -0.05) is 17.7 Å². The van der Waals surface area contributed by atoms with E-state index in [1.165, 1.54) is 6.92 Å². The molecule has 1 N–H and O–H groups in total. The number of ketones is 1. The highest BCUT2D eigenvalue weighted by Crippen LogP contribution is 2.23. The highest BCUT2D eigenvalue weighted by Gasteiger charge is 2.10. The van der Waals surface area contributed by atoms with Crippen LogP contribution in [0.5, 0.6) is 17.2 Å². The molecule has 0 aliphatic carbocycles. The summed E-state index contributed by atoms with van der Waals surface area (Å²) in [5.41, 5.74) is 2.24. The summed E-state index contributed by atoms with van der Waals surface area (Å²) < 4.78 is 15.9.